The van der Waals surface area contributed by atoms with Crippen LogP contribution in [0.5, 0.6) is 0 Å². The Morgan fingerprint density at radius 1 is 1.19 bits per heavy atom. The molecule has 0 aromatic heterocycles. The summed E-state index contributed by atoms with van der Waals surface area (Å²) in [5.74, 6) is 1.99. The first-order chi connectivity index (χ1) is 10.2. The molecule has 0 saturated heterocycles. The maximum Gasteiger partial charge on any atom is 0.191 e. The predicted molar refractivity (Wildman–Crippen MR) is 90.7 cm³/mol. The molecule has 0 aliphatic heterocycles. The highest BCUT2D eigenvalue weighted by Crippen LogP contribution is 2.23. The summed E-state index contributed by atoms with van der Waals surface area (Å²) in [7, 11) is 1.84. The summed E-state index contributed by atoms with van der Waals surface area (Å²) in [5.41, 5.74) is 1.39. The first kappa shape index (κ1) is 15.6. The number of nitrogens with one attached hydrogen (secondary N) is 2. The lowest BCUT2D eigenvalue weighted by molar-refractivity contribution is 0.485. The highest BCUT2D eigenvalue weighted by Gasteiger charge is 2.17. The zero-order valence-corrected chi connectivity index (χ0v) is 13.3. The molecule has 0 heterocycles. The van der Waals surface area contributed by atoms with Crippen molar-refractivity contribution in [2.24, 2.45) is 10.9 Å². The smallest absolute Gasteiger partial charge is 0.191 e. The van der Waals surface area contributed by atoms with Gasteiger partial charge in [0, 0.05) is 25.6 Å². The van der Waals surface area contributed by atoms with Gasteiger partial charge in [-0.25, -0.2) is 0 Å². The molecular formula is C18H27N3. The molecule has 1 aliphatic rings. The number of hydrogen-bond acceptors (Lipinski definition) is 1. The lowest BCUT2D eigenvalue weighted by Crippen LogP contribution is -2.44. The number of rotatable bonds is 5. The summed E-state index contributed by atoms with van der Waals surface area (Å²) >= 11 is 0. The van der Waals surface area contributed by atoms with E-state index in [0.29, 0.717) is 17.9 Å². The van der Waals surface area contributed by atoms with Crippen LogP contribution in [0.1, 0.15) is 38.2 Å². The minimum absolute atomic E-state index is 0.491. The molecule has 114 valence electrons. The van der Waals surface area contributed by atoms with Crippen molar-refractivity contribution in [3.8, 4) is 0 Å². The quantitative estimate of drug-likeness (QED) is 0.495. The van der Waals surface area contributed by atoms with Crippen LogP contribution in [-0.4, -0.2) is 25.6 Å². The zero-order valence-electron chi connectivity index (χ0n) is 13.3. The number of benzene rings is 1. The van der Waals surface area contributed by atoms with Gasteiger partial charge >= 0.3 is 0 Å². The molecule has 0 amide bonds. The minimum atomic E-state index is 0.491. The maximum atomic E-state index is 4.34. The van der Waals surface area contributed by atoms with Gasteiger partial charge in [-0.1, -0.05) is 56.3 Å². The molecule has 0 bridgehead atoms. The normalized spacial score (nSPS) is 17.2. The average Bonchev–Trinajstić information content (AvgIpc) is 3.00. The first-order valence-corrected chi connectivity index (χ1v) is 7.88. The first-order valence-electron chi connectivity index (χ1n) is 7.88. The van der Waals surface area contributed by atoms with Crippen LogP contribution in [0.2, 0.25) is 0 Å². The summed E-state index contributed by atoms with van der Waals surface area (Å²) in [4.78, 5) is 4.34. The fourth-order valence-corrected chi connectivity index (χ4v) is 2.77. The molecule has 1 aromatic rings. The van der Waals surface area contributed by atoms with Crippen molar-refractivity contribution in [1.82, 2.24) is 10.6 Å². The minimum Gasteiger partial charge on any atom is -0.356 e. The van der Waals surface area contributed by atoms with Gasteiger partial charge in [0.05, 0.1) is 0 Å². The van der Waals surface area contributed by atoms with Gasteiger partial charge in [-0.3, -0.25) is 4.99 Å². The molecule has 1 aliphatic carbocycles. The van der Waals surface area contributed by atoms with E-state index in [4.69, 9.17) is 0 Å². The third-order valence-corrected chi connectivity index (χ3v) is 4.09. The van der Waals surface area contributed by atoms with Crippen molar-refractivity contribution in [3.63, 3.8) is 0 Å². The van der Waals surface area contributed by atoms with Crippen LogP contribution in [0.3, 0.4) is 0 Å². The molecular weight excluding hydrogens is 258 g/mol. The third kappa shape index (κ3) is 4.62. The molecule has 3 heteroatoms. The van der Waals surface area contributed by atoms with Crippen molar-refractivity contribution in [3.05, 3.63) is 48.0 Å². The molecule has 1 unspecified atom stereocenters. The van der Waals surface area contributed by atoms with Crippen molar-refractivity contribution in [2.75, 3.05) is 13.6 Å². The van der Waals surface area contributed by atoms with Crippen LogP contribution in [0.25, 0.3) is 0 Å². The van der Waals surface area contributed by atoms with Crippen molar-refractivity contribution >= 4 is 5.96 Å². The summed E-state index contributed by atoms with van der Waals surface area (Å²) in [6.07, 6.45) is 6.64. The lowest BCUT2D eigenvalue weighted by Gasteiger charge is -2.24. The Hall–Kier alpha value is -1.77. The van der Waals surface area contributed by atoms with Gasteiger partial charge in [0.25, 0.3) is 0 Å². The van der Waals surface area contributed by atoms with Crippen molar-refractivity contribution in [1.29, 1.82) is 0 Å². The lowest BCUT2D eigenvalue weighted by atomic mass is 9.88. The molecule has 2 rings (SSSR count). The molecule has 0 radical (unpaired) electrons. The summed E-state index contributed by atoms with van der Waals surface area (Å²) < 4.78 is 0. The van der Waals surface area contributed by atoms with Crippen molar-refractivity contribution < 1.29 is 0 Å². The number of guanidine groups is 1. The van der Waals surface area contributed by atoms with E-state index in [2.05, 4.69) is 72.0 Å². The Morgan fingerprint density at radius 2 is 1.86 bits per heavy atom. The molecule has 0 saturated carbocycles. The largest absolute Gasteiger partial charge is 0.356 e. The standard InChI is InChI=1S/C18H27N3/c1-14(2)17(15-9-5-4-6-10-15)13-20-18(19-3)21-16-11-7-8-12-16/h4-10,14,16-17H,11-13H2,1-3H3,(H2,19,20,21). The summed E-state index contributed by atoms with van der Waals surface area (Å²) in [5, 5.41) is 6.98. The number of aliphatic imine (C=N–C) groups is 1. The zero-order chi connectivity index (χ0) is 15.1. The monoisotopic (exact) mass is 285 g/mol. The number of hydrogen-bond donors (Lipinski definition) is 2. The van der Waals surface area contributed by atoms with E-state index < -0.39 is 0 Å². The second-order valence-corrected chi connectivity index (χ2v) is 6.00. The topological polar surface area (TPSA) is 36.4 Å². The Bertz CT molecular complexity index is 468. The van der Waals surface area contributed by atoms with E-state index in [1.807, 2.05) is 7.05 Å². The van der Waals surface area contributed by atoms with Gasteiger partial charge in [-0.05, 0) is 24.3 Å². The van der Waals surface area contributed by atoms with Crippen LogP contribution in [-0.2, 0) is 0 Å². The van der Waals surface area contributed by atoms with E-state index >= 15 is 0 Å². The highest BCUT2D eigenvalue weighted by atomic mass is 15.2. The molecule has 0 fully saturated rings. The van der Waals surface area contributed by atoms with Gasteiger partial charge < -0.3 is 10.6 Å². The highest BCUT2D eigenvalue weighted by molar-refractivity contribution is 5.80. The number of nitrogens with zero attached hydrogens (tertiary/aromatic N) is 1. The van der Waals surface area contributed by atoms with Gasteiger partial charge in [0.1, 0.15) is 0 Å². The Labute approximate surface area is 128 Å². The second-order valence-electron chi connectivity index (χ2n) is 6.00. The van der Waals surface area contributed by atoms with Crippen LogP contribution in [0.4, 0.5) is 0 Å². The molecule has 1 aromatic carbocycles. The van der Waals surface area contributed by atoms with E-state index in [1.165, 1.54) is 5.56 Å². The summed E-state index contributed by atoms with van der Waals surface area (Å²) in [6.45, 7) is 5.45. The Morgan fingerprint density at radius 3 is 2.43 bits per heavy atom. The van der Waals surface area contributed by atoms with Crippen LogP contribution >= 0.6 is 0 Å². The van der Waals surface area contributed by atoms with Crippen LogP contribution in [0.15, 0.2) is 47.5 Å². The molecule has 21 heavy (non-hydrogen) atoms. The SMILES string of the molecule is CN=C(NCC(c1ccccc1)C(C)C)NC1CC=CC1. The van der Waals surface area contributed by atoms with Gasteiger partial charge in [0.2, 0.25) is 0 Å². The fourth-order valence-electron chi connectivity index (χ4n) is 2.77. The molecule has 0 spiro atoms. The van der Waals surface area contributed by atoms with E-state index in [9.17, 15) is 0 Å². The van der Waals surface area contributed by atoms with Gasteiger partial charge in [0.15, 0.2) is 5.96 Å². The van der Waals surface area contributed by atoms with Crippen molar-refractivity contribution in [2.45, 2.75) is 38.6 Å². The van der Waals surface area contributed by atoms with E-state index in [0.717, 1.165) is 25.3 Å². The predicted octanol–water partition coefficient (Wildman–Crippen LogP) is 3.31. The van der Waals surface area contributed by atoms with Gasteiger partial charge in [-0.15, -0.1) is 0 Å². The fraction of sp³-hybridized carbons (Fsp3) is 0.500. The molecule has 1 atom stereocenters. The van der Waals surface area contributed by atoms with E-state index in [1.54, 1.807) is 0 Å². The Kier molecular flexibility index (Phi) is 5.85. The molecule has 3 nitrogen and oxygen atoms in total. The maximum absolute atomic E-state index is 4.34. The van der Waals surface area contributed by atoms with Crippen LogP contribution in [0, 0.1) is 5.92 Å². The summed E-state index contributed by atoms with van der Waals surface area (Å²) in [6, 6.07) is 11.2. The average molecular weight is 285 g/mol. The van der Waals surface area contributed by atoms with Crippen LogP contribution < -0.4 is 10.6 Å². The van der Waals surface area contributed by atoms with Gasteiger partial charge in [-0.2, -0.15) is 0 Å². The molecule has 2 N–H and O–H groups in total. The third-order valence-electron chi connectivity index (χ3n) is 4.09. The van der Waals surface area contributed by atoms with E-state index in [-0.39, 0.29) is 0 Å². The Balaban J connectivity index is 1.91. The second kappa shape index (κ2) is 7.87.